The van der Waals surface area contributed by atoms with Gasteiger partial charge in [-0.05, 0) is 6.08 Å². The number of rotatable bonds is 5. The molecule has 0 aromatic rings. The Balaban J connectivity index is 2.21. The fourth-order valence-electron chi connectivity index (χ4n) is 4.45. The van der Waals surface area contributed by atoms with Crippen molar-refractivity contribution in [3.05, 3.63) is 12.3 Å². The third kappa shape index (κ3) is 3.60. The van der Waals surface area contributed by atoms with Gasteiger partial charge in [-0.15, -0.1) is 0 Å². The van der Waals surface area contributed by atoms with Crippen molar-refractivity contribution >= 4 is 29.8 Å². The number of nitrogens with two attached hydrogens (primary N) is 1. The van der Waals surface area contributed by atoms with E-state index >= 15 is 0 Å². The number of hydrogen-bond acceptors (Lipinski definition) is 12. The lowest BCUT2D eigenvalue weighted by molar-refractivity contribution is -0.295. The highest BCUT2D eigenvalue weighted by Gasteiger charge is 2.77. The number of carbonyl (C=O) groups excluding carboxylic acids is 5. The first-order chi connectivity index (χ1) is 14.4. The monoisotopic (exact) mass is 441 g/mol. The van der Waals surface area contributed by atoms with Gasteiger partial charge in [0.15, 0.2) is 18.3 Å². The Morgan fingerprint density at radius 2 is 1.65 bits per heavy atom. The molecule has 1 saturated carbocycles. The van der Waals surface area contributed by atoms with Crippen molar-refractivity contribution in [2.45, 2.75) is 63.3 Å². The molecule has 0 amide bonds. The number of hydrogen-bond donors (Lipinski definition) is 1. The van der Waals surface area contributed by atoms with E-state index in [1.54, 1.807) is 0 Å². The molecule has 170 valence electrons. The number of ether oxygens (including phenoxy) is 6. The highest BCUT2D eigenvalue weighted by molar-refractivity contribution is 5.83. The van der Waals surface area contributed by atoms with Gasteiger partial charge in [0.1, 0.15) is 12.1 Å². The van der Waals surface area contributed by atoms with E-state index in [1.165, 1.54) is 12.3 Å². The molecule has 31 heavy (non-hydrogen) atoms. The third-order valence-electron chi connectivity index (χ3n) is 5.47. The maximum absolute atomic E-state index is 12.8. The zero-order chi connectivity index (χ0) is 23.1. The fraction of sp³-hybridized carbons (Fsp3) is 0.632. The summed E-state index contributed by atoms with van der Waals surface area (Å²) in [6, 6.07) is 0. The molecule has 6 unspecified atom stereocenters. The second-order valence-electron chi connectivity index (χ2n) is 7.62. The maximum Gasteiger partial charge on any atom is 0.350 e. The Morgan fingerprint density at radius 1 is 1.00 bits per heavy atom. The molecule has 0 radical (unpaired) electrons. The molecular formula is C19H23NO11. The van der Waals surface area contributed by atoms with Crippen LogP contribution in [0.3, 0.4) is 0 Å². The van der Waals surface area contributed by atoms with E-state index in [1.807, 2.05) is 0 Å². The molecule has 2 fully saturated rings. The van der Waals surface area contributed by atoms with Gasteiger partial charge in [0.05, 0.1) is 6.26 Å². The van der Waals surface area contributed by atoms with Gasteiger partial charge in [-0.2, -0.15) is 0 Å². The lowest BCUT2D eigenvalue weighted by Gasteiger charge is -2.59. The molecular weight excluding hydrogens is 418 g/mol. The van der Waals surface area contributed by atoms with Crippen LogP contribution in [0.2, 0.25) is 0 Å². The van der Waals surface area contributed by atoms with E-state index in [9.17, 15) is 24.0 Å². The molecule has 2 N–H and O–H groups in total. The normalized spacial score (nSPS) is 37.6. The van der Waals surface area contributed by atoms with Crippen molar-refractivity contribution in [2.24, 2.45) is 11.7 Å². The second-order valence-corrected chi connectivity index (χ2v) is 7.62. The Bertz CT molecular complexity index is 854. The van der Waals surface area contributed by atoms with Gasteiger partial charge in [0.25, 0.3) is 0 Å². The van der Waals surface area contributed by atoms with Crippen molar-refractivity contribution in [3.8, 4) is 0 Å². The molecule has 0 aromatic heterocycles. The third-order valence-corrected chi connectivity index (χ3v) is 5.47. The predicted molar refractivity (Wildman–Crippen MR) is 96.5 cm³/mol. The van der Waals surface area contributed by atoms with E-state index in [4.69, 9.17) is 34.2 Å². The standard InChI is InChI=1S/C19H23NO11/c1-8(21)27-7-18(31-11(4)24)13-12(5-6-26-13)19(20)15(28-9(2)22)14(18)30-17(25)16(19)29-10(3)23/h5-6,12-16H,7,20H2,1-4H3/t12?,13?,14?,15?,16-,18?,19?/m1/s1. The summed E-state index contributed by atoms with van der Waals surface area (Å²) < 4.78 is 32.3. The van der Waals surface area contributed by atoms with Crippen LogP contribution in [0.25, 0.3) is 0 Å². The minimum absolute atomic E-state index is 0.575. The predicted octanol–water partition coefficient (Wildman–Crippen LogP) is -1.12. The van der Waals surface area contributed by atoms with E-state index in [0.29, 0.717) is 0 Å². The van der Waals surface area contributed by atoms with Crippen molar-refractivity contribution in [1.82, 2.24) is 0 Å². The summed E-state index contributed by atoms with van der Waals surface area (Å²) in [5.74, 6) is -5.10. The molecule has 12 heteroatoms. The Labute approximate surface area is 176 Å². The second kappa shape index (κ2) is 7.84. The Hall–Kier alpha value is -3.15. The minimum Gasteiger partial charge on any atom is -0.493 e. The SMILES string of the molecule is CC(=O)OCC1(OC(C)=O)C2OC=CC2C2(N)C(OC(C)=O)C1OC(=O)[C@H]2OC(C)=O. The van der Waals surface area contributed by atoms with Crippen molar-refractivity contribution in [1.29, 1.82) is 0 Å². The summed E-state index contributed by atoms with van der Waals surface area (Å²) >= 11 is 0. The number of carbonyl (C=O) groups is 5. The van der Waals surface area contributed by atoms with Gasteiger partial charge >= 0.3 is 29.8 Å². The van der Waals surface area contributed by atoms with Crippen LogP contribution in [0.4, 0.5) is 0 Å². The average Bonchev–Trinajstić information content (AvgIpc) is 3.14. The van der Waals surface area contributed by atoms with Crippen LogP contribution >= 0.6 is 0 Å². The maximum atomic E-state index is 12.8. The zero-order valence-corrected chi connectivity index (χ0v) is 17.3. The number of fused-ring (bicyclic) bond motifs is 4. The van der Waals surface area contributed by atoms with Gasteiger partial charge in [0, 0.05) is 33.6 Å². The van der Waals surface area contributed by atoms with Crippen LogP contribution in [-0.4, -0.2) is 72.0 Å². The highest BCUT2D eigenvalue weighted by atomic mass is 16.7. The first-order valence-electron chi connectivity index (χ1n) is 9.42. The molecule has 2 heterocycles. The van der Waals surface area contributed by atoms with Crippen molar-refractivity contribution in [2.75, 3.05) is 6.61 Å². The van der Waals surface area contributed by atoms with Crippen molar-refractivity contribution in [3.63, 3.8) is 0 Å². The quantitative estimate of drug-likeness (QED) is 0.404. The zero-order valence-electron chi connectivity index (χ0n) is 17.3. The topological polar surface area (TPSA) is 167 Å². The molecule has 0 spiro atoms. The van der Waals surface area contributed by atoms with Crippen molar-refractivity contribution < 1.29 is 52.4 Å². The summed E-state index contributed by atoms with van der Waals surface area (Å²) in [7, 11) is 0. The summed E-state index contributed by atoms with van der Waals surface area (Å²) in [6.45, 7) is 3.85. The lowest BCUT2D eigenvalue weighted by Crippen LogP contribution is -2.85. The molecule has 2 aliphatic heterocycles. The highest BCUT2D eigenvalue weighted by Crippen LogP contribution is 2.52. The van der Waals surface area contributed by atoms with E-state index < -0.39 is 77.9 Å². The average molecular weight is 441 g/mol. The van der Waals surface area contributed by atoms with E-state index in [0.717, 1.165) is 27.7 Å². The summed E-state index contributed by atoms with van der Waals surface area (Å²) in [5.41, 5.74) is 2.91. The van der Waals surface area contributed by atoms with Crippen LogP contribution in [-0.2, 0) is 52.4 Å². The first kappa shape index (κ1) is 22.5. The lowest BCUT2D eigenvalue weighted by atomic mass is 9.59. The van der Waals surface area contributed by atoms with Crippen LogP contribution in [0, 0.1) is 5.92 Å². The summed E-state index contributed by atoms with van der Waals surface area (Å²) in [5, 5.41) is 0. The van der Waals surface area contributed by atoms with Crippen LogP contribution < -0.4 is 5.73 Å². The molecule has 1 saturated heterocycles. The molecule has 3 aliphatic rings. The van der Waals surface area contributed by atoms with Gasteiger partial charge in [0.2, 0.25) is 11.7 Å². The summed E-state index contributed by atoms with van der Waals surface area (Å²) in [6.07, 6.45) is -2.98. The first-order valence-corrected chi connectivity index (χ1v) is 9.42. The summed E-state index contributed by atoms with van der Waals surface area (Å²) in [4.78, 5) is 60.0. The molecule has 7 atom stereocenters. The molecule has 1 aliphatic carbocycles. The van der Waals surface area contributed by atoms with E-state index in [2.05, 4.69) is 0 Å². The fourth-order valence-corrected chi connectivity index (χ4v) is 4.45. The van der Waals surface area contributed by atoms with Gasteiger partial charge < -0.3 is 34.2 Å². The van der Waals surface area contributed by atoms with Crippen LogP contribution in [0.5, 0.6) is 0 Å². The molecule has 3 rings (SSSR count). The molecule has 0 aromatic carbocycles. The Morgan fingerprint density at radius 3 is 2.19 bits per heavy atom. The van der Waals surface area contributed by atoms with E-state index in [-0.39, 0.29) is 0 Å². The smallest absolute Gasteiger partial charge is 0.350 e. The Kier molecular flexibility index (Phi) is 5.70. The molecule has 12 nitrogen and oxygen atoms in total. The minimum atomic E-state index is -1.90. The van der Waals surface area contributed by atoms with Crippen LogP contribution in [0.1, 0.15) is 27.7 Å². The van der Waals surface area contributed by atoms with Crippen LogP contribution in [0.15, 0.2) is 12.3 Å². The van der Waals surface area contributed by atoms with Gasteiger partial charge in [-0.3, -0.25) is 19.2 Å². The van der Waals surface area contributed by atoms with Gasteiger partial charge in [-0.1, -0.05) is 0 Å². The molecule has 2 bridgehead atoms. The largest absolute Gasteiger partial charge is 0.493 e. The van der Waals surface area contributed by atoms with Gasteiger partial charge in [-0.25, -0.2) is 4.79 Å². The number of esters is 5.